The summed E-state index contributed by atoms with van der Waals surface area (Å²) in [5.41, 5.74) is -0.237. The number of carbonyl (C=O) groups is 4. The number of anilines is 1. The van der Waals surface area contributed by atoms with Gasteiger partial charge in [0.1, 0.15) is 23.7 Å². The number of nitrogens with zero attached hydrogens (tertiary/aromatic N) is 2. The summed E-state index contributed by atoms with van der Waals surface area (Å²) in [6.07, 6.45) is 6.36. The van der Waals surface area contributed by atoms with Crippen molar-refractivity contribution >= 4 is 41.0 Å². The Morgan fingerprint density at radius 3 is 2.47 bits per heavy atom. The van der Waals surface area contributed by atoms with Crippen molar-refractivity contribution in [2.45, 2.75) is 63.0 Å². The maximum atomic E-state index is 14.8. The Bertz CT molecular complexity index is 1560. The molecule has 11 heteroatoms. The summed E-state index contributed by atoms with van der Waals surface area (Å²) in [7, 11) is 0. The molecule has 3 amide bonds. The lowest BCUT2D eigenvalue weighted by Crippen LogP contribution is -2.58. The van der Waals surface area contributed by atoms with E-state index >= 15 is 0 Å². The second-order valence-electron chi connectivity index (χ2n) is 13.0. The Hall–Kier alpha value is -3.99. The van der Waals surface area contributed by atoms with Gasteiger partial charge in [-0.15, -0.1) is 0 Å². The number of benzene rings is 2. The maximum absolute atomic E-state index is 14.8. The first-order chi connectivity index (χ1) is 22.6. The van der Waals surface area contributed by atoms with E-state index in [0.29, 0.717) is 29.1 Å². The van der Waals surface area contributed by atoms with Gasteiger partial charge in [-0.3, -0.25) is 19.2 Å². The molecule has 4 aliphatic heterocycles. The zero-order valence-electron chi connectivity index (χ0n) is 26.5. The van der Waals surface area contributed by atoms with Gasteiger partial charge in [0.05, 0.1) is 31.2 Å². The monoisotopic (exact) mass is 661 g/mol. The van der Waals surface area contributed by atoms with Crippen molar-refractivity contribution in [1.82, 2.24) is 10.2 Å². The summed E-state index contributed by atoms with van der Waals surface area (Å²) in [6.45, 7) is 3.86. The molecule has 47 heavy (non-hydrogen) atoms. The van der Waals surface area contributed by atoms with Crippen molar-refractivity contribution in [1.29, 1.82) is 0 Å². The van der Waals surface area contributed by atoms with Crippen molar-refractivity contribution < 1.29 is 33.8 Å². The van der Waals surface area contributed by atoms with Gasteiger partial charge in [0.15, 0.2) is 0 Å². The topological polar surface area (TPSA) is 125 Å². The maximum Gasteiger partial charge on any atom is 0.313 e. The first kappa shape index (κ1) is 32.9. The highest BCUT2D eigenvalue weighted by atomic mass is 35.5. The SMILES string of the molecule is CC(C)C[C@H](CO)N1C(=O)[C@@H]2[C@H]3C(=O)O[C@H](c4ccccc4)CNC(=O)CC/C=C\[C@H]3O[C@@]23C=CCN(c2ccc(Cl)cc2)C(=O)[C@@H]13. The van der Waals surface area contributed by atoms with Crippen LogP contribution in [0.15, 0.2) is 78.9 Å². The minimum absolute atomic E-state index is 0.0600. The third-order valence-corrected chi connectivity index (χ3v) is 9.72. The van der Waals surface area contributed by atoms with E-state index in [4.69, 9.17) is 21.1 Å². The van der Waals surface area contributed by atoms with E-state index < -0.39 is 53.6 Å². The van der Waals surface area contributed by atoms with Crippen molar-refractivity contribution in [2.24, 2.45) is 17.8 Å². The van der Waals surface area contributed by atoms with E-state index in [-0.39, 0.29) is 43.8 Å². The predicted molar refractivity (Wildman–Crippen MR) is 175 cm³/mol. The van der Waals surface area contributed by atoms with Gasteiger partial charge in [-0.2, -0.15) is 0 Å². The normalized spacial score (nSPS) is 30.8. The molecule has 6 rings (SSSR count). The zero-order valence-corrected chi connectivity index (χ0v) is 27.2. The van der Waals surface area contributed by atoms with E-state index in [1.165, 1.54) is 4.90 Å². The number of nitrogens with one attached hydrogen (secondary N) is 1. The molecule has 7 atom stereocenters. The molecule has 1 spiro atoms. The molecular weight excluding hydrogens is 622 g/mol. The molecule has 0 radical (unpaired) electrons. The zero-order chi connectivity index (χ0) is 33.3. The van der Waals surface area contributed by atoms with E-state index in [0.717, 1.165) is 0 Å². The average molecular weight is 662 g/mol. The first-order valence-corrected chi connectivity index (χ1v) is 16.6. The van der Waals surface area contributed by atoms with Crippen molar-refractivity contribution in [2.75, 3.05) is 24.6 Å². The molecule has 2 saturated heterocycles. The standard InChI is InChI=1S/C36H40ClN3O7/c1-22(2)19-26(21-41)40-32-34(44)39(25-15-13-24(37)14-16-25)18-8-17-36(32)31(33(40)43)30-27(47-36)11-6-7-12-29(42)38-20-28(46-35(30)45)23-9-4-3-5-10-23/h3-6,8-11,13-17,22,26-28,30-32,41H,7,12,18-21H2,1-2H3,(H,38,42)/b11-6-/t26-,27-,28+,30+,31+,32-,36+/m1/s1. The molecule has 0 bridgehead atoms. The highest BCUT2D eigenvalue weighted by molar-refractivity contribution is 6.30. The molecule has 0 aromatic heterocycles. The molecule has 0 unspecified atom stereocenters. The van der Waals surface area contributed by atoms with E-state index in [2.05, 4.69) is 5.32 Å². The van der Waals surface area contributed by atoms with Gasteiger partial charge < -0.3 is 29.7 Å². The number of esters is 1. The third kappa shape index (κ3) is 6.22. The number of rotatable bonds is 6. The van der Waals surface area contributed by atoms with Crippen LogP contribution in [0.2, 0.25) is 5.02 Å². The lowest BCUT2D eigenvalue weighted by Gasteiger charge is -2.39. The van der Waals surface area contributed by atoms with Crippen LogP contribution in [0.4, 0.5) is 5.69 Å². The number of halogens is 1. The predicted octanol–water partition coefficient (Wildman–Crippen LogP) is 3.98. The number of allylic oxidation sites excluding steroid dienone is 1. The minimum Gasteiger partial charge on any atom is -0.455 e. The smallest absolute Gasteiger partial charge is 0.313 e. The Labute approximate surface area is 279 Å². The number of hydrogen-bond donors (Lipinski definition) is 2. The summed E-state index contributed by atoms with van der Waals surface area (Å²) in [6, 6.07) is 14.1. The van der Waals surface area contributed by atoms with Gasteiger partial charge in [-0.25, -0.2) is 0 Å². The van der Waals surface area contributed by atoms with Crippen LogP contribution in [0.3, 0.4) is 0 Å². The lowest BCUT2D eigenvalue weighted by atomic mass is 9.77. The van der Waals surface area contributed by atoms with Gasteiger partial charge in [-0.1, -0.05) is 80.1 Å². The van der Waals surface area contributed by atoms with Crippen LogP contribution >= 0.6 is 11.6 Å². The van der Waals surface area contributed by atoms with Crippen LogP contribution in [0.25, 0.3) is 0 Å². The number of likely N-dealkylation sites (tertiary alicyclic amines) is 1. The summed E-state index contributed by atoms with van der Waals surface area (Å²) < 4.78 is 12.9. The number of fused-ring (bicyclic) bond motifs is 2. The molecule has 248 valence electrons. The van der Waals surface area contributed by atoms with Crippen LogP contribution in [-0.4, -0.2) is 77.2 Å². The van der Waals surface area contributed by atoms with Crippen LogP contribution < -0.4 is 10.2 Å². The Morgan fingerprint density at radius 2 is 1.77 bits per heavy atom. The van der Waals surface area contributed by atoms with Crippen LogP contribution in [0.1, 0.15) is 44.8 Å². The first-order valence-electron chi connectivity index (χ1n) is 16.2. The average Bonchev–Trinajstić information content (AvgIpc) is 3.45. The number of aliphatic hydroxyl groups is 1. The second-order valence-corrected chi connectivity index (χ2v) is 13.4. The molecule has 10 nitrogen and oxygen atoms in total. The molecule has 2 N–H and O–H groups in total. The summed E-state index contributed by atoms with van der Waals surface area (Å²) in [5, 5.41) is 14.0. The van der Waals surface area contributed by atoms with Crippen LogP contribution in [-0.2, 0) is 28.7 Å². The van der Waals surface area contributed by atoms with Gasteiger partial charge in [0, 0.05) is 23.7 Å². The van der Waals surface area contributed by atoms with Crippen molar-refractivity contribution in [3.05, 3.63) is 89.5 Å². The largest absolute Gasteiger partial charge is 0.455 e. The molecule has 0 aliphatic carbocycles. The molecule has 4 aliphatic rings. The second kappa shape index (κ2) is 13.6. The fourth-order valence-electron chi connectivity index (χ4n) is 7.41. The van der Waals surface area contributed by atoms with Gasteiger partial charge >= 0.3 is 5.97 Å². The number of amides is 3. The third-order valence-electron chi connectivity index (χ3n) is 9.47. The molecule has 2 fully saturated rings. The van der Waals surface area contributed by atoms with Crippen molar-refractivity contribution in [3.63, 3.8) is 0 Å². The highest BCUT2D eigenvalue weighted by Crippen LogP contribution is 2.54. The number of ether oxygens (including phenoxy) is 2. The summed E-state index contributed by atoms with van der Waals surface area (Å²) in [4.78, 5) is 59.4. The Balaban J connectivity index is 1.46. The molecule has 0 saturated carbocycles. The molecule has 4 heterocycles. The van der Waals surface area contributed by atoms with Gasteiger partial charge in [-0.05, 0) is 48.6 Å². The summed E-state index contributed by atoms with van der Waals surface area (Å²) >= 11 is 6.15. The van der Waals surface area contributed by atoms with E-state index in [1.54, 1.807) is 53.5 Å². The van der Waals surface area contributed by atoms with Gasteiger partial charge in [0.2, 0.25) is 11.8 Å². The van der Waals surface area contributed by atoms with E-state index in [1.807, 2.05) is 44.2 Å². The highest BCUT2D eigenvalue weighted by Gasteiger charge is 2.72. The minimum atomic E-state index is -1.52. The van der Waals surface area contributed by atoms with Gasteiger partial charge in [0.25, 0.3) is 5.91 Å². The number of aliphatic hydroxyl groups excluding tert-OH is 1. The van der Waals surface area contributed by atoms with Crippen molar-refractivity contribution in [3.8, 4) is 0 Å². The Morgan fingerprint density at radius 1 is 1.02 bits per heavy atom. The number of hydrogen-bond acceptors (Lipinski definition) is 7. The molecule has 2 aromatic rings. The fraction of sp³-hybridized carbons (Fsp3) is 0.444. The van der Waals surface area contributed by atoms with Crippen LogP contribution in [0.5, 0.6) is 0 Å². The quantitative estimate of drug-likeness (QED) is 0.354. The molecule has 2 aromatic carbocycles. The molecular formula is C36H40ClN3O7. The fourth-order valence-corrected chi connectivity index (χ4v) is 7.54. The summed E-state index contributed by atoms with van der Waals surface area (Å²) in [5.74, 6) is -3.77. The van der Waals surface area contributed by atoms with E-state index in [9.17, 15) is 24.3 Å². The lowest BCUT2D eigenvalue weighted by molar-refractivity contribution is -0.160. The van der Waals surface area contributed by atoms with Crippen LogP contribution in [0, 0.1) is 17.8 Å². The number of carbonyl (C=O) groups excluding carboxylic acids is 4. The number of cyclic esters (lactones) is 1. The Kier molecular flexibility index (Phi) is 9.55.